The van der Waals surface area contributed by atoms with Gasteiger partial charge in [-0.05, 0) is 64.7 Å². The number of nitrogens with zero attached hydrogens (tertiary/aromatic N) is 1. The van der Waals surface area contributed by atoms with Gasteiger partial charge in [0.2, 0.25) is 0 Å². The third-order valence-corrected chi connectivity index (χ3v) is 4.22. The van der Waals surface area contributed by atoms with Crippen LogP contribution in [0.2, 0.25) is 0 Å². The second-order valence-corrected chi connectivity index (χ2v) is 7.08. The van der Waals surface area contributed by atoms with Gasteiger partial charge < -0.3 is 20.1 Å². The van der Waals surface area contributed by atoms with Gasteiger partial charge in [-0.2, -0.15) is 0 Å². The number of ether oxygens (including phenoxy) is 2. The van der Waals surface area contributed by atoms with Gasteiger partial charge in [-0.3, -0.25) is 4.99 Å². The summed E-state index contributed by atoms with van der Waals surface area (Å²) in [5.41, 5.74) is 1.18. The molecule has 25 heavy (non-hydrogen) atoms. The van der Waals surface area contributed by atoms with E-state index >= 15 is 0 Å². The summed E-state index contributed by atoms with van der Waals surface area (Å²) >= 11 is 0. The molecular formula is C20H33N3O2. The number of guanidine groups is 1. The molecule has 1 aliphatic heterocycles. The molecule has 0 spiro atoms. The van der Waals surface area contributed by atoms with Crippen LogP contribution in [0, 0.1) is 0 Å². The predicted molar refractivity (Wildman–Crippen MR) is 103 cm³/mol. The third kappa shape index (κ3) is 6.94. The fourth-order valence-corrected chi connectivity index (χ4v) is 2.88. The van der Waals surface area contributed by atoms with Crippen LogP contribution in [-0.2, 0) is 11.2 Å². The van der Waals surface area contributed by atoms with Gasteiger partial charge in [-0.25, -0.2) is 0 Å². The first-order valence-electron chi connectivity index (χ1n) is 9.42. The summed E-state index contributed by atoms with van der Waals surface area (Å²) in [5.74, 6) is 1.78. The summed E-state index contributed by atoms with van der Waals surface area (Å²) in [7, 11) is 0. The maximum Gasteiger partial charge on any atom is 0.191 e. The molecule has 1 aromatic carbocycles. The highest BCUT2D eigenvalue weighted by atomic mass is 16.5. The summed E-state index contributed by atoms with van der Waals surface area (Å²) in [6, 6.07) is 8.31. The molecule has 1 fully saturated rings. The highest BCUT2D eigenvalue weighted by molar-refractivity contribution is 5.79. The Balaban J connectivity index is 1.80. The van der Waals surface area contributed by atoms with Crippen molar-refractivity contribution in [3.05, 3.63) is 29.8 Å². The third-order valence-electron chi connectivity index (χ3n) is 4.22. The van der Waals surface area contributed by atoms with Crippen molar-refractivity contribution in [3.8, 4) is 5.75 Å². The Morgan fingerprint density at radius 1 is 1.28 bits per heavy atom. The zero-order valence-corrected chi connectivity index (χ0v) is 16.1. The molecule has 0 radical (unpaired) electrons. The molecular weight excluding hydrogens is 314 g/mol. The van der Waals surface area contributed by atoms with Crippen LogP contribution in [0.15, 0.2) is 29.3 Å². The zero-order valence-electron chi connectivity index (χ0n) is 16.1. The van der Waals surface area contributed by atoms with Crippen LogP contribution in [-0.4, -0.2) is 43.9 Å². The van der Waals surface area contributed by atoms with Crippen LogP contribution < -0.4 is 15.4 Å². The number of hydrogen-bond donors (Lipinski definition) is 2. The first-order chi connectivity index (χ1) is 12.0. The minimum Gasteiger partial charge on any atom is -0.491 e. The van der Waals surface area contributed by atoms with E-state index in [0.29, 0.717) is 6.54 Å². The maximum atomic E-state index is 5.81. The SMILES string of the molecule is CCNC(=NCC1(C)CCCO1)NCCc1ccc(OC(C)C)cc1. The summed E-state index contributed by atoms with van der Waals surface area (Å²) in [6.45, 7) is 11.5. The first-order valence-corrected chi connectivity index (χ1v) is 9.42. The van der Waals surface area contributed by atoms with Crippen molar-refractivity contribution in [2.75, 3.05) is 26.2 Å². The number of rotatable bonds is 8. The van der Waals surface area contributed by atoms with Gasteiger partial charge >= 0.3 is 0 Å². The van der Waals surface area contributed by atoms with E-state index in [1.54, 1.807) is 0 Å². The lowest BCUT2D eigenvalue weighted by Crippen LogP contribution is -2.40. The number of nitrogens with one attached hydrogen (secondary N) is 2. The summed E-state index contributed by atoms with van der Waals surface area (Å²) in [6.07, 6.45) is 3.37. The van der Waals surface area contributed by atoms with Crippen LogP contribution in [0.25, 0.3) is 0 Å². The Bertz CT molecular complexity index is 534. The molecule has 1 heterocycles. The maximum absolute atomic E-state index is 5.81. The van der Waals surface area contributed by atoms with Gasteiger partial charge in [0.15, 0.2) is 5.96 Å². The van der Waals surface area contributed by atoms with E-state index < -0.39 is 0 Å². The molecule has 0 aromatic heterocycles. The molecule has 2 N–H and O–H groups in total. The van der Waals surface area contributed by atoms with Crippen LogP contribution in [0.4, 0.5) is 0 Å². The van der Waals surface area contributed by atoms with Crippen molar-refractivity contribution in [2.24, 2.45) is 4.99 Å². The van der Waals surface area contributed by atoms with Crippen LogP contribution in [0.1, 0.15) is 46.1 Å². The Kier molecular flexibility index (Phi) is 7.56. The van der Waals surface area contributed by atoms with E-state index in [9.17, 15) is 0 Å². The van der Waals surface area contributed by atoms with Crippen molar-refractivity contribution in [1.82, 2.24) is 10.6 Å². The number of benzene rings is 1. The molecule has 0 bridgehead atoms. The molecule has 1 unspecified atom stereocenters. The van der Waals surface area contributed by atoms with Crippen molar-refractivity contribution in [2.45, 2.75) is 58.7 Å². The van der Waals surface area contributed by atoms with Crippen molar-refractivity contribution in [1.29, 1.82) is 0 Å². The van der Waals surface area contributed by atoms with E-state index in [1.807, 2.05) is 26.0 Å². The lowest BCUT2D eigenvalue weighted by atomic mass is 10.0. The van der Waals surface area contributed by atoms with Crippen LogP contribution in [0.5, 0.6) is 5.75 Å². The van der Waals surface area contributed by atoms with E-state index in [-0.39, 0.29) is 11.7 Å². The summed E-state index contributed by atoms with van der Waals surface area (Å²) < 4.78 is 11.5. The number of hydrogen-bond acceptors (Lipinski definition) is 3. The molecule has 1 aliphatic rings. The molecule has 0 saturated carbocycles. The fourth-order valence-electron chi connectivity index (χ4n) is 2.88. The van der Waals surface area contributed by atoms with Gasteiger partial charge in [0.05, 0.1) is 18.2 Å². The quantitative estimate of drug-likeness (QED) is 0.560. The lowest BCUT2D eigenvalue weighted by Gasteiger charge is -2.21. The Labute approximate surface area is 152 Å². The molecule has 2 rings (SSSR count). The summed E-state index contributed by atoms with van der Waals surface area (Å²) in [5, 5.41) is 6.71. The van der Waals surface area contributed by atoms with Gasteiger partial charge in [0.25, 0.3) is 0 Å². The largest absolute Gasteiger partial charge is 0.491 e. The molecule has 5 heteroatoms. The van der Waals surface area contributed by atoms with E-state index in [0.717, 1.165) is 50.7 Å². The topological polar surface area (TPSA) is 54.9 Å². The van der Waals surface area contributed by atoms with E-state index in [1.165, 1.54) is 5.56 Å². The Hall–Kier alpha value is -1.75. The second-order valence-electron chi connectivity index (χ2n) is 7.08. The average molecular weight is 348 g/mol. The average Bonchev–Trinajstić information content (AvgIpc) is 3.01. The Morgan fingerprint density at radius 2 is 2.04 bits per heavy atom. The van der Waals surface area contributed by atoms with Gasteiger partial charge in [-0.1, -0.05) is 12.1 Å². The highest BCUT2D eigenvalue weighted by Gasteiger charge is 2.29. The normalized spacial score (nSPS) is 20.8. The second kappa shape index (κ2) is 9.66. The van der Waals surface area contributed by atoms with Gasteiger partial charge in [0, 0.05) is 19.7 Å². The molecule has 0 amide bonds. The molecule has 1 saturated heterocycles. The smallest absolute Gasteiger partial charge is 0.191 e. The van der Waals surface area contributed by atoms with Crippen LogP contribution >= 0.6 is 0 Å². The number of aliphatic imine (C=N–C) groups is 1. The molecule has 0 aliphatic carbocycles. The first kappa shape index (κ1) is 19.6. The van der Waals surface area contributed by atoms with E-state index in [2.05, 4.69) is 36.6 Å². The van der Waals surface area contributed by atoms with Gasteiger partial charge in [-0.15, -0.1) is 0 Å². The van der Waals surface area contributed by atoms with Gasteiger partial charge in [0.1, 0.15) is 5.75 Å². The van der Waals surface area contributed by atoms with Crippen molar-refractivity contribution >= 4 is 5.96 Å². The molecule has 1 atom stereocenters. The lowest BCUT2D eigenvalue weighted by molar-refractivity contribution is 0.0283. The Morgan fingerprint density at radius 3 is 2.64 bits per heavy atom. The summed E-state index contributed by atoms with van der Waals surface area (Å²) in [4.78, 5) is 4.69. The molecule has 5 nitrogen and oxygen atoms in total. The van der Waals surface area contributed by atoms with Crippen molar-refractivity contribution in [3.63, 3.8) is 0 Å². The van der Waals surface area contributed by atoms with Crippen molar-refractivity contribution < 1.29 is 9.47 Å². The predicted octanol–water partition coefficient (Wildman–Crippen LogP) is 3.14. The van der Waals surface area contributed by atoms with E-state index in [4.69, 9.17) is 14.5 Å². The minimum absolute atomic E-state index is 0.103. The minimum atomic E-state index is -0.103. The zero-order chi connectivity index (χ0) is 18.1. The molecule has 1 aromatic rings. The van der Waals surface area contributed by atoms with Crippen LogP contribution in [0.3, 0.4) is 0 Å². The monoisotopic (exact) mass is 347 g/mol. The standard InChI is InChI=1S/C20H33N3O2/c1-5-21-19(23-15-20(4)12-6-14-24-20)22-13-11-17-7-9-18(10-8-17)25-16(2)3/h7-10,16H,5-6,11-15H2,1-4H3,(H2,21,22,23). The molecule has 140 valence electrons. The fraction of sp³-hybridized carbons (Fsp3) is 0.650. The highest BCUT2D eigenvalue weighted by Crippen LogP contribution is 2.25.